The van der Waals surface area contributed by atoms with Crippen molar-refractivity contribution in [2.75, 3.05) is 26.4 Å². The van der Waals surface area contributed by atoms with Gasteiger partial charge in [-0.2, -0.15) is 0 Å². The molecule has 2 aliphatic heterocycles. The predicted octanol–water partition coefficient (Wildman–Crippen LogP) is 3.57. The zero-order chi connectivity index (χ0) is 23.3. The summed E-state index contributed by atoms with van der Waals surface area (Å²) in [6, 6.07) is 13.9. The Morgan fingerprint density at radius 3 is 1.32 bits per heavy atom. The standard InChI is InChI=1S/C26H28O8/c27-25(17-1-5-19(6-2-17)29-13-23-15-31-23)33-21-9-11-22(12-10-21)34-26(28)18-3-7-20(8-4-18)30-14-24-16-32-24/h1-8,21-24H,9-16H2. The van der Waals surface area contributed by atoms with Gasteiger partial charge >= 0.3 is 11.9 Å². The Morgan fingerprint density at radius 2 is 1.00 bits per heavy atom. The van der Waals surface area contributed by atoms with Crippen LogP contribution in [0.4, 0.5) is 0 Å². The molecule has 2 atom stereocenters. The molecule has 3 fully saturated rings. The van der Waals surface area contributed by atoms with Crippen LogP contribution in [0.25, 0.3) is 0 Å². The van der Waals surface area contributed by atoms with E-state index < -0.39 is 0 Å². The van der Waals surface area contributed by atoms with E-state index in [0.717, 1.165) is 13.2 Å². The lowest BCUT2D eigenvalue weighted by Gasteiger charge is -2.28. The van der Waals surface area contributed by atoms with E-state index >= 15 is 0 Å². The molecule has 8 heteroatoms. The highest BCUT2D eigenvalue weighted by Gasteiger charge is 2.27. The Labute approximate surface area is 198 Å². The van der Waals surface area contributed by atoms with E-state index in [0.29, 0.717) is 61.5 Å². The van der Waals surface area contributed by atoms with Gasteiger partial charge in [0.2, 0.25) is 0 Å². The number of epoxide rings is 2. The summed E-state index contributed by atoms with van der Waals surface area (Å²) in [6.45, 7) is 2.53. The predicted molar refractivity (Wildman–Crippen MR) is 120 cm³/mol. The summed E-state index contributed by atoms with van der Waals surface area (Å²) in [5.74, 6) is 0.690. The van der Waals surface area contributed by atoms with Gasteiger partial charge in [-0.15, -0.1) is 0 Å². The number of ether oxygens (including phenoxy) is 6. The molecule has 180 valence electrons. The summed E-state index contributed by atoms with van der Waals surface area (Å²) >= 11 is 0. The number of rotatable bonds is 10. The van der Waals surface area contributed by atoms with Crippen LogP contribution in [-0.2, 0) is 18.9 Å². The maximum atomic E-state index is 12.5. The van der Waals surface area contributed by atoms with Crippen molar-refractivity contribution in [3.63, 3.8) is 0 Å². The Hall–Kier alpha value is -3.10. The zero-order valence-electron chi connectivity index (χ0n) is 18.9. The summed E-state index contributed by atoms with van der Waals surface area (Å²) in [4.78, 5) is 24.9. The molecule has 8 nitrogen and oxygen atoms in total. The molecule has 2 saturated heterocycles. The molecule has 34 heavy (non-hydrogen) atoms. The minimum absolute atomic E-state index is 0.183. The van der Waals surface area contributed by atoms with E-state index in [2.05, 4.69) is 0 Å². The van der Waals surface area contributed by atoms with E-state index in [1.54, 1.807) is 48.5 Å². The molecular weight excluding hydrogens is 440 g/mol. The topological polar surface area (TPSA) is 96.1 Å². The van der Waals surface area contributed by atoms with E-state index in [-0.39, 0.29) is 36.4 Å². The van der Waals surface area contributed by atoms with Gasteiger partial charge in [-0.05, 0) is 74.2 Å². The van der Waals surface area contributed by atoms with Gasteiger partial charge < -0.3 is 28.4 Å². The molecule has 2 aromatic carbocycles. The molecule has 2 heterocycles. The second kappa shape index (κ2) is 10.4. The van der Waals surface area contributed by atoms with Crippen LogP contribution in [0.1, 0.15) is 46.4 Å². The van der Waals surface area contributed by atoms with Gasteiger partial charge in [0.1, 0.15) is 49.1 Å². The van der Waals surface area contributed by atoms with E-state index in [1.807, 2.05) is 0 Å². The molecule has 0 bridgehead atoms. The molecule has 0 spiro atoms. The molecule has 1 saturated carbocycles. The van der Waals surface area contributed by atoms with Gasteiger partial charge in [-0.3, -0.25) is 0 Å². The van der Waals surface area contributed by atoms with Crippen LogP contribution in [0.15, 0.2) is 48.5 Å². The lowest BCUT2D eigenvalue weighted by Crippen LogP contribution is -2.29. The van der Waals surface area contributed by atoms with Crippen molar-refractivity contribution in [2.45, 2.75) is 50.1 Å². The van der Waals surface area contributed by atoms with E-state index in [1.165, 1.54) is 0 Å². The van der Waals surface area contributed by atoms with Crippen LogP contribution in [0, 0.1) is 0 Å². The lowest BCUT2D eigenvalue weighted by atomic mass is 9.95. The fourth-order valence-electron chi connectivity index (χ4n) is 3.79. The highest BCUT2D eigenvalue weighted by molar-refractivity contribution is 5.90. The molecule has 5 rings (SSSR count). The average molecular weight is 469 g/mol. The summed E-state index contributed by atoms with van der Waals surface area (Å²) < 4.78 is 32.7. The van der Waals surface area contributed by atoms with Crippen LogP contribution in [0.2, 0.25) is 0 Å². The van der Waals surface area contributed by atoms with Crippen LogP contribution < -0.4 is 9.47 Å². The molecular formula is C26H28O8. The van der Waals surface area contributed by atoms with Gasteiger partial charge in [0.05, 0.1) is 24.3 Å². The number of hydrogen-bond acceptors (Lipinski definition) is 8. The molecule has 2 aromatic rings. The normalized spacial score (nSPS) is 25.2. The summed E-state index contributed by atoms with van der Waals surface area (Å²) in [6.07, 6.45) is 2.63. The molecule has 0 amide bonds. The third kappa shape index (κ3) is 6.48. The quantitative estimate of drug-likeness (QED) is 0.386. The number of carbonyl (C=O) groups excluding carboxylic acids is 2. The summed E-state index contributed by atoms with van der Waals surface area (Å²) in [5, 5.41) is 0. The third-order valence-corrected chi connectivity index (χ3v) is 6.03. The van der Waals surface area contributed by atoms with Crippen LogP contribution in [0.5, 0.6) is 11.5 Å². The number of carbonyl (C=O) groups is 2. The number of esters is 2. The first-order chi connectivity index (χ1) is 16.6. The summed E-state index contributed by atoms with van der Waals surface area (Å²) in [7, 11) is 0. The average Bonchev–Trinajstić information content (AvgIpc) is 3.79. The molecule has 3 aliphatic rings. The minimum Gasteiger partial charge on any atom is -0.491 e. The fraction of sp³-hybridized carbons (Fsp3) is 0.462. The van der Waals surface area contributed by atoms with E-state index in [4.69, 9.17) is 28.4 Å². The zero-order valence-corrected chi connectivity index (χ0v) is 18.9. The smallest absolute Gasteiger partial charge is 0.338 e. The Morgan fingerprint density at radius 1 is 0.647 bits per heavy atom. The fourth-order valence-corrected chi connectivity index (χ4v) is 3.79. The van der Waals surface area contributed by atoms with E-state index in [9.17, 15) is 9.59 Å². The van der Waals surface area contributed by atoms with Crippen molar-refractivity contribution in [2.24, 2.45) is 0 Å². The van der Waals surface area contributed by atoms with Crippen LogP contribution >= 0.6 is 0 Å². The molecule has 0 N–H and O–H groups in total. The first-order valence-electron chi connectivity index (χ1n) is 11.7. The second-order valence-corrected chi connectivity index (χ2v) is 8.79. The maximum Gasteiger partial charge on any atom is 0.338 e. The first kappa shape index (κ1) is 22.7. The maximum absolute atomic E-state index is 12.5. The Kier molecular flexibility index (Phi) is 6.97. The van der Waals surface area contributed by atoms with Crippen molar-refractivity contribution < 1.29 is 38.0 Å². The lowest BCUT2D eigenvalue weighted by molar-refractivity contribution is -0.0108. The van der Waals surface area contributed by atoms with Crippen molar-refractivity contribution in [1.82, 2.24) is 0 Å². The molecule has 0 aromatic heterocycles. The van der Waals surface area contributed by atoms with Gasteiger partial charge in [0.15, 0.2) is 0 Å². The number of hydrogen-bond donors (Lipinski definition) is 0. The monoisotopic (exact) mass is 468 g/mol. The third-order valence-electron chi connectivity index (χ3n) is 6.03. The van der Waals surface area contributed by atoms with Gasteiger partial charge in [0.25, 0.3) is 0 Å². The van der Waals surface area contributed by atoms with Gasteiger partial charge in [-0.1, -0.05) is 0 Å². The van der Waals surface area contributed by atoms with Gasteiger partial charge in [-0.25, -0.2) is 9.59 Å². The molecule has 0 radical (unpaired) electrons. The first-order valence-corrected chi connectivity index (χ1v) is 11.7. The van der Waals surface area contributed by atoms with Crippen molar-refractivity contribution >= 4 is 11.9 Å². The Balaban J connectivity index is 1.02. The van der Waals surface area contributed by atoms with Crippen molar-refractivity contribution in [3.05, 3.63) is 59.7 Å². The minimum atomic E-state index is -0.354. The highest BCUT2D eigenvalue weighted by Crippen LogP contribution is 2.26. The largest absolute Gasteiger partial charge is 0.491 e. The van der Waals surface area contributed by atoms with Crippen LogP contribution in [0.3, 0.4) is 0 Å². The van der Waals surface area contributed by atoms with Crippen molar-refractivity contribution in [3.8, 4) is 11.5 Å². The number of benzene rings is 2. The highest BCUT2D eigenvalue weighted by atomic mass is 16.6. The second-order valence-electron chi connectivity index (χ2n) is 8.79. The Bertz CT molecular complexity index is 889. The summed E-state index contributed by atoms with van der Waals surface area (Å²) in [5.41, 5.74) is 0.973. The molecule has 1 aliphatic carbocycles. The SMILES string of the molecule is O=C(OC1CCC(OC(=O)c2ccc(OCC3CO3)cc2)CC1)c1ccc(OCC2CO2)cc1. The van der Waals surface area contributed by atoms with Gasteiger partial charge in [0, 0.05) is 0 Å². The molecule has 2 unspecified atom stereocenters. The van der Waals surface area contributed by atoms with Crippen LogP contribution in [-0.4, -0.2) is 62.8 Å². The van der Waals surface area contributed by atoms with Crippen molar-refractivity contribution in [1.29, 1.82) is 0 Å².